The summed E-state index contributed by atoms with van der Waals surface area (Å²) in [5.74, 6) is 0.898. The Hall–Kier alpha value is -1.39. The Kier molecular flexibility index (Phi) is 6.21. The van der Waals surface area contributed by atoms with Gasteiger partial charge in [-0.25, -0.2) is 0 Å². The lowest BCUT2D eigenvalue weighted by Crippen LogP contribution is -2.15. The van der Waals surface area contributed by atoms with Crippen LogP contribution in [0.2, 0.25) is 0 Å². The van der Waals surface area contributed by atoms with Crippen LogP contribution < -0.4 is 10.1 Å². The predicted octanol–water partition coefficient (Wildman–Crippen LogP) is 4.23. The van der Waals surface area contributed by atoms with E-state index in [-0.39, 0.29) is 0 Å². The fourth-order valence-corrected chi connectivity index (χ4v) is 2.50. The van der Waals surface area contributed by atoms with Crippen LogP contribution in [-0.4, -0.2) is 11.5 Å². The first-order chi connectivity index (χ1) is 10.2. The molecule has 0 fully saturated rings. The molecule has 0 atom stereocenters. The Balaban J connectivity index is 1.95. The quantitative estimate of drug-likeness (QED) is 0.760. The highest BCUT2D eigenvalue weighted by Gasteiger charge is 2.03. The summed E-state index contributed by atoms with van der Waals surface area (Å²) in [5.41, 5.74) is 3.12. The van der Waals surface area contributed by atoms with E-state index in [4.69, 9.17) is 4.74 Å². The highest BCUT2D eigenvalue weighted by Crippen LogP contribution is 2.22. The molecule has 112 valence electrons. The van der Waals surface area contributed by atoms with E-state index in [9.17, 15) is 0 Å². The van der Waals surface area contributed by atoms with Crippen LogP contribution in [0, 0.1) is 6.92 Å². The zero-order chi connectivity index (χ0) is 15.1. The number of pyridine rings is 1. The molecule has 1 aromatic heterocycles. The molecule has 3 nitrogen and oxygen atoms in total. The second-order valence-corrected chi connectivity index (χ2v) is 5.91. The van der Waals surface area contributed by atoms with E-state index in [1.165, 1.54) is 0 Å². The number of halogens is 1. The van der Waals surface area contributed by atoms with Gasteiger partial charge in [0.05, 0.1) is 11.4 Å². The number of aromatic nitrogens is 1. The molecule has 21 heavy (non-hydrogen) atoms. The molecule has 0 unspecified atom stereocenters. The van der Waals surface area contributed by atoms with Crippen LogP contribution in [0.15, 0.2) is 40.9 Å². The molecule has 1 N–H and O–H groups in total. The van der Waals surface area contributed by atoms with E-state index in [1.54, 1.807) is 0 Å². The molecular weight excluding hydrogens is 328 g/mol. The van der Waals surface area contributed by atoms with Crippen molar-refractivity contribution in [3.8, 4) is 5.75 Å². The summed E-state index contributed by atoms with van der Waals surface area (Å²) in [6.07, 6.45) is 1.13. The van der Waals surface area contributed by atoms with Gasteiger partial charge in [-0.2, -0.15) is 0 Å². The second kappa shape index (κ2) is 8.15. The molecule has 0 aliphatic rings. The van der Waals surface area contributed by atoms with Crippen molar-refractivity contribution >= 4 is 15.9 Å². The molecule has 0 bridgehead atoms. The molecule has 4 heteroatoms. The lowest BCUT2D eigenvalue weighted by atomic mass is 10.2. The number of hydrogen-bond donors (Lipinski definition) is 1. The molecule has 0 spiro atoms. The molecule has 1 aromatic carbocycles. The second-order valence-electron chi connectivity index (χ2n) is 5.00. The number of aryl methyl sites for hydroxylation is 1. The largest absolute Gasteiger partial charge is 0.487 e. The minimum atomic E-state index is 0.490. The van der Waals surface area contributed by atoms with E-state index in [0.717, 1.165) is 46.7 Å². The van der Waals surface area contributed by atoms with E-state index in [0.29, 0.717) is 6.61 Å². The molecule has 0 radical (unpaired) electrons. The van der Waals surface area contributed by atoms with Gasteiger partial charge in [0.2, 0.25) is 0 Å². The van der Waals surface area contributed by atoms with Gasteiger partial charge in [0.25, 0.3) is 0 Å². The van der Waals surface area contributed by atoms with Gasteiger partial charge in [-0.1, -0.05) is 28.9 Å². The van der Waals surface area contributed by atoms with Crippen LogP contribution in [-0.2, 0) is 13.2 Å². The van der Waals surface area contributed by atoms with Crippen molar-refractivity contribution in [2.24, 2.45) is 0 Å². The van der Waals surface area contributed by atoms with Crippen LogP contribution in [0.5, 0.6) is 5.75 Å². The standard InChI is InChI=1S/C17H21BrN2O/c1-3-9-19-11-15-5-4-6-16(20-15)12-21-17-8-7-14(18)10-13(17)2/h4-8,10,19H,3,9,11-12H2,1-2H3. The molecule has 2 rings (SSSR count). The average Bonchev–Trinajstić information content (AvgIpc) is 2.47. The fraction of sp³-hybridized carbons (Fsp3) is 0.353. The van der Waals surface area contributed by atoms with Crippen LogP contribution in [0.1, 0.15) is 30.3 Å². The number of benzene rings is 1. The molecule has 0 aliphatic carbocycles. The fourth-order valence-electron chi connectivity index (χ4n) is 2.03. The summed E-state index contributed by atoms with van der Waals surface area (Å²) in [5, 5.41) is 3.36. The van der Waals surface area contributed by atoms with E-state index < -0.39 is 0 Å². The predicted molar refractivity (Wildman–Crippen MR) is 89.4 cm³/mol. The van der Waals surface area contributed by atoms with Crippen molar-refractivity contribution in [2.75, 3.05) is 6.54 Å². The molecule has 0 saturated carbocycles. The molecule has 2 aromatic rings. The Bertz CT molecular complexity index is 587. The van der Waals surface area contributed by atoms with Crippen LogP contribution in [0.3, 0.4) is 0 Å². The summed E-state index contributed by atoms with van der Waals surface area (Å²) in [7, 11) is 0. The topological polar surface area (TPSA) is 34.1 Å². The number of ether oxygens (including phenoxy) is 1. The molecule has 0 amide bonds. The van der Waals surface area contributed by atoms with E-state index >= 15 is 0 Å². The summed E-state index contributed by atoms with van der Waals surface area (Å²) >= 11 is 3.46. The Morgan fingerprint density at radius 2 is 2.00 bits per heavy atom. The number of rotatable bonds is 7. The SMILES string of the molecule is CCCNCc1cccc(COc2ccc(Br)cc2C)n1. The first-order valence-corrected chi connectivity index (χ1v) is 8.03. The highest BCUT2D eigenvalue weighted by atomic mass is 79.9. The van der Waals surface area contributed by atoms with Gasteiger partial charge in [-0.3, -0.25) is 4.98 Å². The van der Waals surface area contributed by atoms with Crippen LogP contribution in [0.25, 0.3) is 0 Å². The zero-order valence-electron chi connectivity index (χ0n) is 12.5. The lowest BCUT2D eigenvalue weighted by Gasteiger charge is -2.10. The molecule has 1 heterocycles. The third-order valence-electron chi connectivity index (χ3n) is 3.11. The van der Waals surface area contributed by atoms with Crippen LogP contribution in [0.4, 0.5) is 0 Å². The maximum absolute atomic E-state index is 5.85. The summed E-state index contributed by atoms with van der Waals surface area (Å²) in [6, 6.07) is 12.1. The Morgan fingerprint density at radius 1 is 1.19 bits per heavy atom. The summed E-state index contributed by atoms with van der Waals surface area (Å²) in [4.78, 5) is 4.61. The summed E-state index contributed by atoms with van der Waals surface area (Å²) < 4.78 is 6.92. The van der Waals surface area contributed by atoms with Gasteiger partial charge in [0, 0.05) is 11.0 Å². The van der Waals surface area contributed by atoms with Gasteiger partial charge in [0.15, 0.2) is 0 Å². The van der Waals surface area contributed by atoms with Crippen molar-refractivity contribution in [1.82, 2.24) is 10.3 Å². The maximum Gasteiger partial charge on any atom is 0.130 e. The minimum Gasteiger partial charge on any atom is -0.487 e. The molecule has 0 saturated heterocycles. The van der Waals surface area contributed by atoms with Crippen molar-refractivity contribution in [3.05, 3.63) is 57.8 Å². The maximum atomic E-state index is 5.85. The number of hydrogen-bond acceptors (Lipinski definition) is 3. The van der Waals surface area contributed by atoms with Crippen molar-refractivity contribution < 1.29 is 4.74 Å². The van der Waals surface area contributed by atoms with Gasteiger partial charge < -0.3 is 10.1 Å². The van der Waals surface area contributed by atoms with E-state index in [1.807, 2.05) is 43.3 Å². The normalized spacial score (nSPS) is 10.6. The highest BCUT2D eigenvalue weighted by molar-refractivity contribution is 9.10. The van der Waals surface area contributed by atoms with Crippen LogP contribution >= 0.6 is 15.9 Å². The average molecular weight is 349 g/mol. The Labute approximate surface area is 134 Å². The van der Waals surface area contributed by atoms with Crippen molar-refractivity contribution in [2.45, 2.75) is 33.4 Å². The third kappa shape index (κ3) is 5.14. The first kappa shape index (κ1) is 16.0. The van der Waals surface area contributed by atoms with Gasteiger partial charge in [-0.15, -0.1) is 0 Å². The van der Waals surface area contributed by atoms with Crippen molar-refractivity contribution in [3.63, 3.8) is 0 Å². The Morgan fingerprint density at radius 3 is 2.76 bits per heavy atom. The van der Waals surface area contributed by atoms with Gasteiger partial charge in [-0.05, 0) is 55.8 Å². The van der Waals surface area contributed by atoms with Crippen molar-refractivity contribution in [1.29, 1.82) is 0 Å². The zero-order valence-corrected chi connectivity index (χ0v) is 14.1. The van der Waals surface area contributed by atoms with Gasteiger partial charge in [0.1, 0.15) is 12.4 Å². The summed E-state index contributed by atoms with van der Waals surface area (Å²) in [6.45, 7) is 6.51. The monoisotopic (exact) mass is 348 g/mol. The first-order valence-electron chi connectivity index (χ1n) is 7.23. The molecule has 0 aliphatic heterocycles. The smallest absolute Gasteiger partial charge is 0.130 e. The number of nitrogens with zero attached hydrogens (tertiary/aromatic N) is 1. The number of nitrogens with one attached hydrogen (secondary N) is 1. The minimum absolute atomic E-state index is 0.490. The van der Waals surface area contributed by atoms with E-state index in [2.05, 4.69) is 33.2 Å². The third-order valence-corrected chi connectivity index (χ3v) is 3.60. The lowest BCUT2D eigenvalue weighted by molar-refractivity contribution is 0.299. The molecular formula is C17H21BrN2O. The van der Waals surface area contributed by atoms with Gasteiger partial charge >= 0.3 is 0 Å².